The third kappa shape index (κ3) is 3.36. The molecule has 1 saturated heterocycles. The molecule has 4 rings (SSSR count). The number of hydrogen-bond acceptors (Lipinski definition) is 6. The van der Waals surface area contributed by atoms with Gasteiger partial charge in [-0.2, -0.15) is 0 Å². The van der Waals surface area contributed by atoms with Gasteiger partial charge < -0.3 is 19.5 Å². The van der Waals surface area contributed by atoms with Crippen molar-refractivity contribution < 1.29 is 24.2 Å². The molecule has 168 valence electrons. The summed E-state index contributed by atoms with van der Waals surface area (Å²) >= 11 is 1.46. The van der Waals surface area contributed by atoms with Crippen LogP contribution in [0.1, 0.15) is 44.7 Å². The van der Waals surface area contributed by atoms with Gasteiger partial charge in [-0.25, -0.2) is 9.78 Å². The van der Waals surface area contributed by atoms with Crippen LogP contribution in [0.15, 0.2) is 18.2 Å². The second-order valence-corrected chi connectivity index (χ2v) is 15.7. The predicted molar refractivity (Wildman–Crippen MR) is 120 cm³/mol. The Morgan fingerprint density at radius 1 is 1.42 bits per heavy atom. The van der Waals surface area contributed by atoms with Crippen molar-refractivity contribution in [3.63, 3.8) is 0 Å². The molecular weight excluding hydrogens is 434 g/mol. The molecule has 0 aromatic carbocycles. The van der Waals surface area contributed by atoms with E-state index in [-0.39, 0.29) is 22.7 Å². The molecule has 2 N–H and O–H groups in total. The Labute approximate surface area is 186 Å². The van der Waals surface area contributed by atoms with Crippen LogP contribution in [0, 0.1) is 5.92 Å². The highest BCUT2D eigenvalue weighted by Crippen LogP contribution is 2.49. The number of aliphatic hydroxyl groups is 1. The van der Waals surface area contributed by atoms with Crippen molar-refractivity contribution in [3.8, 4) is 0 Å². The molecule has 31 heavy (non-hydrogen) atoms. The maximum absolute atomic E-state index is 12.6. The van der Waals surface area contributed by atoms with Crippen molar-refractivity contribution in [1.29, 1.82) is 0 Å². The number of β-lactam (4-membered cyclic amide) rings is 1. The quantitative estimate of drug-likeness (QED) is 0.503. The van der Waals surface area contributed by atoms with E-state index in [9.17, 15) is 19.8 Å². The zero-order valence-electron chi connectivity index (χ0n) is 18.7. The Morgan fingerprint density at radius 2 is 2.10 bits per heavy atom. The highest BCUT2D eigenvalue weighted by molar-refractivity contribution is 7.18. The Bertz CT molecular complexity index is 1090. The Hall–Kier alpha value is -2.01. The SMILES string of the molecule is C[C@@H](O)[C@H]1C(=O)N2C(C(=O)O)=C(c3sc4cncn4c3CO[Si](C)(C)C(C)(C)C)C[C@H]12. The van der Waals surface area contributed by atoms with Crippen LogP contribution < -0.4 is 0 Å². The van der Waals surface area contributed by atoms with Crippen molar-refractivity contribution in [2.24, 2.45) is 5.92 Å². The van der Waals surface area contributed by atoms with E-state index < -0.39 is 26.3 Å². The lowest BCUT2D eigenvalue weighted by Gasteiger charge is -2.44. The van der Waals surface area contributed by atoms with E-state index >= 15 is 0 Å². The number of carbonyl (C=O) groups excluding carboxylic acids is 1. The molecule has 0 radical (unpaired) electrons. The summed E-state index contributed by atoms with van der Waals surface area (Å²) in [5, 5.41) is 20.0. The van der Waals surface area contributed by atoms with Gasteiger partial charge in [0.1, 0.15) is 16.9 Å². The average Bonchev–Trinajstić information content (AvgIpc) is 3.29. The molecule has 2 aromatic heterocycles. The number of aliphatic hydroxyl groups excluding tert-OH is 1. The van der Waals surface area contributed by atoms with Gasteiger partial charge in [-0.05, 0) is 31.5 Å². The number of hydrogen-bond donors (Lipinski definition) is 2. The first-order valence-electron chi connectivity index (χ1n) is 10.4. The van der Waals surface area contributed by atoms with Crippen molar-refractivity contribution in [1.82, 2.24) is 14.3 Å². The fourth-order valence-electron chi connectivity index (χ4n) is 4.14. The van der Waals surface area contributed by atoms with Crippen LogP contribution in [-0.2, 0) is 20.6 Å². The molecule has 0 aliphatic carbocycles. The Morgan fingerprint density at radius 3 is 2.68 bits per heavy atom. The van der Waals surface area contributed by atoms with Crippen molar-refractivity contribution in [2.75, 3.05) is 0 Å². The zero-order chi connectivity index (χ0) is 22.9. The van der Waals surface area contributed by atoms with Gasteiger partial charge in [-0.3, -0.25) is 9.20 Å². The number of amides is 1. The predicted octanol–water partition coefficient (Wildman–Crippen LogP) is 3.32. The smallest absolute Gasteiger partial charge is 0.352 e. The number of nitrogens with zero attached hydrogens (tertiary/aromatic N) is 3. The van der Waals surface area contributed by atoms with Crippen LogP contribution in [0.4, 0.5) is 0 Å². The molecule has 0 saturated carbocycles. The van der Waals surface area contributed by atoms with E-state index in [0.29, 0.717) is 18.6 Å². The summed E-state index contributed by atoms with van der Waals surface area (Å²) in [7, 11) is -2.04. The molecular formula is C21H29N3O5SSi. The molecule has 2 aromatic rings. The molecule has 2 aliphatic heterocycles. The summed E-state index contributed by atoms with van der Waals surface area (Å²) in [5.41, 5.74) is 1.52. The number of carboxylic acid groups (broad SMARTS) is 1. The van der Waals surface area contributed by atoms with Gasteiger partial charge in [0.25, 0.3) is 0 Å². The second-order valence-electron chi connectivity index (χ2n) is 9.91. The minimum atomic E-state index is -2.04. The molecule has 10 heteroatoms. The highest BCUT2D eigenvalue weighted by atomic mass is 32.1. The number of rotatable bonds is 6. The Kier molecular flexibility index (Phi) is 5.20. The molecule has 1 amide bonds. The maximum atomic E-state index is 12.6. The summed E-state index contributed by atoms with van der Waals surface area (Å²) in [5.74, 6) is -2.01. The van der Waals surface area contributed by atoms with Gasteiger partial charge in [-0.15, -0.1) is 11.3 Å². The first-order valence-corrected chi connectivity index (χ1v) is 14.1. The summed E-state index contributed by atoms with van der Waals surface area (Å²) < 4.78 is 8.42. The van der Waals surface area contributed by atoms with Crippen molar-refractivity contribution in [2.45, 2.75) is 71.0 Å². The van der Waals surface area contributed by atoms with Crippen LogP contribution in [0.2, 0.25) is 18.1 Å². The second kappa shape index (κ2) is 7.26. The van der Waals surface area contributed by atoms with Crippen LogP contribution in [0.3, 0.4) is 0 Å². The van der Waals surface area contributed by atoms with Crippen LogP contribution >= 0.6 is 11.3 Å². The number of fused-ring (bicyclic) bond motifs is 2. The highest BCUT2D eigenvalue weighted by Gasteiger charge is 2.57. The Balaban J connectivity index is 1.77. The number of thiazole rings is 1. The van der Waals surface area contributed by atoms with E-state index in [1.807, 2.05) is 4.40 Å². The van der Waals surface area contributed by atoms with Gasteiger partial charge in [-0.1, -0.05) is 20.8 Å². The van der Waals surface area contributed by atoms with Crippen LogP contribution in [0.25, 0.3) is 10.4 Å². The molecule has 0 spiro atoms. The van der Waals surface area contributed by atoms with Crippen LogP contribution in [-0.4, -0.2) is 56.8 Å². The molecule has 3 atom stereocenters. The zero-order valence-corrected chi connectivity index (χ0v) is 20.5. The van der Waals surface area contributed by atoms with E-state index in [2.05, 4.69) is 38.8 Å². The van der Waals surface area contributed by atoms with Crippen molar-refractivity contribution in [3.05, 3.63) is 28.8 Å². The molecule has 0 unspecified atom stereocenters. The topological polar surface area (TPSA) is 104 Å². The average molecular weight is 464 g/mol. The summed E-state index contributed by atoms with van der Waals surface area (Å²) in [4.78, 5) is 32.0. The normalized spacial score (nSPS) is 22.8. The number of aromatic nitrogens is 2. The third-order valence-corrected chi connectivity index (χ3v) is 12.6. The summed E-state index contributed by atoms with van der Waals surface area (Å²) in [6, 6.07) is -0.317. The monoisotopic (exact) mass is 463 g/mol. The number of aliphatic carboxylic acids is 1. The molecule has 0 bridgehead atoms. The van der Waals surface area contributed by atoms with Gasteiger partial charge in [0, 0.05) is 5.57 Å². The maximum Gasteiger partial charge on any atom is 0.352 e. The lowest BCUT2D eigenvalue weighted by molar-refractivity contribution is -0.161. The van der Waals surface area contributed by atoms with Crippen LogP contribution in [0.5, 0.6) is 0 Å². The molecule has 8 nitrogen and oxygen atoms in total. The number of carboxylic acids is 1. The summed E-state index contributed by atoms with van der Waals surface area (Å²) in [6.07, 6.45) is 3.06. The van der Waals surface area contributed by atoms with E-state index in [0.717, 1.165) is 15.4 Å². The first kappa shape index (κ1) is 22.2. The van der Waals surface area contributed by atoms with Gasteiger partial charge in [0.2, 0.25) is 5.91 Å². The minimum absolute atomic E-state index is 0.0259. The lowest BCUT2D eigenvalue weighted by atomic mass is 9.83. The standard InChI is InChI=1S/C21H29N3O5SSi/c1-11(25)16-13-7-12(17(20(27)28)24(13)19(16)26)18-14(23-10-22-8-15(23)30-18)9-29-31(5,6)21(2,3)4/h8,10-11,13,16,25H,7,9H2,1-6H3,(H,27,28)/t11-,13-,16-/m1/s1. The van der Waals surface area contributed by atoms with E-state index in [1.165, 1.54) is 16.2 Å². The molecule has 2 aliphatic rings. The summed E-state index contributed by atoms with van der Waals surface area (Å²) in [6.45, 7) is 12.8. The fraction of sp³-hybridized carbons (Fsp3) is 0.571. The van der Waals surface area contributed by atoms with Crippen molar-refractivity contribution >= 4 is 41.9 Å². The van der Waals surface area contributed by atoms with E-state index in [4.69, 9.17) is 4.43 Å². The van der Waals surface area contributed by atoms with E-state index in [1.54, 1.807) is 19.4 Å². The molecule has 1 fully saturated rings. The lowest BCUT2D eigenvalue weighted by Crippen LogP contribution is -2.61. The number of carbonyl (C=O) groups is 2. The largest absolute Gasteiger partial charge is 0.477 e. The number of imidazole rings is 1. The third-order valence-electron chi connectivity index (χ3n) is 6.95. The first-order chi connectivity index (χ1) is 14.3. The van der Waals surface area contributed by atoms with Gasteiger partial charge in [0.15, 0.2) is 8.32 Å². The van der Waals surface area contributed by atoms with Gasteiger partial charge >= 0.3 is 5.97 Å². The molecule has 4 heterocycles. The minimum Gasteiger partial charge on any atom is -0.477 e. The van der Waals surface area contributed by atoms with Gasteiger partial charge in [0.05, 0.1) is 41.4 Å². The fourth-order valence-corrected chi connectivity index (χ4v) is 6.23.